The molecule has 1 aliphatic heterocycles. The molecule has 4 heteroatoms. The van der Waals surface area contributed by atoms with E-state index in [-0.39, 0.29) is 0 Å². The number of ether oxygens (including phenoxy) is 1. The number of para-hydroxylation sites is 6. The molecule has 0 aliphatic carbocycles. The highest BCUT2D eigenvalue weighted by atomic mass is 16.5. The number of nitrogens with zero attached hydrogens (tertiary/aromatic N) is 3. The topological polar surface area (TPSA) is 24.0 Å². The summed E-state index contributed by atoms with van der Waals surface area (Å²) in [5, 5.41) is 7.42. The molecule has 9 aromatic carbocycles. The maximum Gasteiger partial charge on any atom is 0.159 e. The molecular weight excluding hydrogens is 707 g/mol. The van der Waals surface area contributed by atoms with Gasteiger partial charge in [0, 0.05) is 49.3 Å². The maximum absolute atomic E-state index is 6.77. The van der Waals surface area contributed by atoms with Gasteiger partial charge in [-0.25, -0.2) is 0 Å². The van der Waals surface area contributed by atoms with Crippen molar-refractivity contribution in [2.75, 3.05) is 0 Å². The lowest BCUT2D eigenvalue weighted by Gasteiger charge is -2.23. The molecule has 13 rings (SSSR count). The Morgan fingerprint density at radius 1 is 0.310 bits per heavy atom. The standard InChI is InChI=1S/C54H33N3O/c1-2-12-37(13-3-1)55-46-19-7-5-15-41(46)44-32-35(26-30-49(44)55)36-27-31-50-45(33-36)42-16-6-8-20-47(42)56(50)38-28-24-34(25-29-38)39-17-10-22-51-54(39)58-52-23-11-18-43-40-14-4-9-21-48(40)57(51)53(43)52/h1-33H. The van der Waals surface area contributed by atoms with Crippen molar-refractivity contribution in [1.82, 2.24) is 13.7 Å². The third-order valence-electron chi connectivity index (χ3n) is 12.2. The molecule has 1 aliphatic rings. The lowest BCUT2D eigenvalue weighted by atomic mass is 10.0. The average molecular weight is 740 g/mol. The summed E-state index contributed by atoms with van der Waals surface area (Å²) in [6.07, 6.45) is 0. The number of hydrogen-bond acceptors (Lipinski definition) is 1. The van der Waals surface area contributed by atoms with E-state index in [1.54, 1.807) is 0 Å². The zero-order valence-electron chi connectivity index (χ0n) is 31.3. The van der Waals surface area contributed by atoms with Gasteiger partial charge in [0.1, 0.15) is 0 Å². The highest BCUT2D eigenvalue weighted by Gasteiger charge is 2.26. The highest BCUT2D eigenvalue weighted by Crippen LogP contribution is 2.49. The first-order valence-corrected chi connectivity index (χ1v) is 19.8. The molecule has 0 radical (unpaired) electrons. The van der Waals surface area contributed by atoms with Gasteiger partial charge in [-0.05, 0) is 95.6 Å². The Morgan fingerprint density at radius 2 is 0.793 bits per heavy atom. The van der Waals surface area contributed by atoms with Crippen molar-refractivity contribution in [3.63, 3.8) is 0 Å². The minimum absolute atomic E-state index is 0.879. The van der Waals surface area contributed by atoms with Gasteiger partial charge in [0.25, 0.3) is 0 Å². The maximum atomic E-state index is 6.77. The lowest BCUT2D eigenvalue weighted by molar-refractivity contribution is 0.478. The summed E-state index contributed by atoms with van der Waals surface area (Å²) in [7, 11) is 0. The largest absolute Gasteiger partial charge is 0.452 e. The molecular formula is C54H33N3O. The van der Waals surface area contributed by atoms with Crippen LogP contribution < -0.4 is 4.74 Å². The number of fused-ring (bicyclic) bond motifs is 11. The Bertz CT molecular complexity index is 3640. The zero-order valence-corrected chi connectivity index (χ0v) is 31.3. The second-order valence-electron chi connectivity index (χ2n) is 15.3. The van der Waals surface area contributed by atoms with Crippen LogP contribution in [-0.2, 0) is 0 Å². The number of hydrogen-bond donors (Lipinski definition) is 0. The third kappa shape index (κ3) is 4.34. The Labute approximate surface area is 333 Å². The molecule has 0 saturated carbocycles. The Morgan fingerprint density at radius 3 is 1.43 bits per heavy atom. The van der Waals surface area contributed by atoms with Crippen LogP contribution in [0.15, 0.2) is 200 Å². The molecule has 4 heterocycles. The van der Waals surface area contributed by atoms with Crippen molar-refractivity contribution in [3.05, 3.63) is 200 Å². The molecule has 0 atom stereocenters. The third-order valence-corrected chi connectivity index (χ3v) is 12.2. The molecule has 58 heavy (non-hydrogen) atoms. The summed E-state index contributed by atoms with van der Waals surface area (Å²) < 4.78 is 13.9. The molecule has 0 spiro atoms. The van der Waals surface area contributed by atoms with Crippen molar-refractivity contribution in [1.29, 1.82) is 0 Å². The van der Waals surface area contributed by atoms with Gasteiger partial charge in [0.05, 0.1) is 38.8 Å². The second kappa shape index (κ2) is 11.8. The summed E-state index contributed by atoms with van der Waals surface area (Å²) in [6.45, 7) is 0. The van der Waals surface area contributed by atoms with Crippen molar-refractivity contribution >= 4 is 65.4 Å². The molecule has 12 aromatic rings. The summed E-state index contributed by atoms with van der Waals surface area (Å²) in [4.78, 5) is 0. The van der Waals surface area contributed by atoms with Crippen LogP contribution in [0.4, 0.5) is 0 Å². The minimum atomic E-state index is 0.879. The predicted molar refractivity (Wildman–Crippen MR) is 240 cm³/mol. The van der Waals surface area contributed by atoms with Gasteiger partial charge in [-0.1, -0.05) is 121 Å². The molecule has 4 nitrogen and oxygen atoms in total. The van der Waals surface area contributed by atoms with Gasteiger partial charge < -0.3 is 18.4 Å². The molecule has 0 N–H and O–H groups in total. The Hall–Kier alpha value is -7.82. The molecule has 0 saturated heterocycles. The molecule has 0 amide bonds. The van der Waals surface area contributed by atoms with E-state index in [9.17, 15) is 0 Å². The summed E-state index contributed by atoms with van der Waals surface area (Å²) in [5.74, 6) is 1.76. The van der Waals surface area contributed by atoms with Crippen LogP contribution >= 0.6 is 0 Å². The van der Waals surface area contributed by atoms with E-state index < -0.39 is 0 Å². The number of benzene rings is 9. The van der Waals surface area contributed by atoms with Crippen LogP contribution in [0.3, 0.4) is 0 Å². The van der Waals surface area contributed by atoms with Gasteiger partial charge in [-0.3, -0.25) is 0 Å². The molecule has 0 unspecified atom stereocenters. The van der Waals surface area contributed by atoms with Crippen LogP contribution in [-0.4, -0.2) is 13.7 Å². The monoisotopic (exact) mass is 739 g/mol. The minimum Gasteiger partial charge on any atom is -0.452 e. The van der Waals surface area contributed by atoms with Gasteiger partial charge in [0.2, 0.25) is 0 Å². The van der Waals surface area contributed by atoms with E-state index in [2.05, 4.69) is 214 Å². The van der Waals surface area contributed by atoms with Crippen LogP contribution in [0.25, 0.3) is 105 Å². The zero-order chi connectivity index (χ0) is 37.9. The molecule has 0 bridgehead atoms. The first-order valence-electron chi connectivity index (χ1n) is 19.8. The SMILES string of the molecule is c1ccc(-n2c3ccccc3c3cc(-c4ccc5c(c4)c4ccccc4n5-c4ccc(-c5cccc6c5Oc5cccc7c8ccccc8n-6c57)cc4)ccc32)cc1. The summed E-state index contributed by atoms with van der Waals surface area (Å²) in [5.41, 5.74) is 15.0. The molecule has 3 aromatic heterocycles. The predicted octanol–water partition coefficient (Wildman–Crippen LogP) is 14.4. The van der Waals surface area contributed by atoms with Crippen LogP contribution in [0, 0.1) is 0 Å². The quantitative estimate of drug-likeness (QED) is 0.176. The Balaban J connectivity index is 0.918. The van der Waals surface area contributed by atoms with Gasteiger partial charge in [0.15, 0.2) is 11.5 Å². The lowest BCUT2D eigenvalue weighted by Crippen LogP contribution is -2.05. The summed E-state index contributed by atoms with van der Waals surface area (Å²) >= 11 is 0. The first kappa shape index (κ1) is 31.4. The van der Waals surface area contributed by atoms with Crippen molar-refractivity contribution < 1.29 is 4.74 Å². The van der Waals surface area contributed by atoms with Crippen molar-refractivity contribution in [3.8, 4) is 50.8 Å². The second-order valence-corrected chi connectivity index (χ2v) is 15.3. The van der Waals surface area contributed by atoms with Crippen molar-refractivity contribution in [2.24, 2.45) is 0 Å². The number of aromatic nitrogens is 3. The van der Waals surface area contributed by atoms with E-state index in [1.807, 2.05) is 0 Å². The average Bonchev–Trinajstić information content (AvgIpc) is 3.93. The molecule has 0 fully saturated rings. The fraction of sp³-hybridized carbons (Fsp3) is 0. The molecule has 270 valence electrons. The van der Waals surface area contributed by atoms with E-state index in [1.165, 1.54) is 76.7 Å². The van der Waals surface area contributed by atoms with Gasteiger partial charge in [-0.15, -0.1) is 0 Å². The van der Waals surface area contributed by atoms with Crippen LogP contribution in [0.2, 0.25) is 0 Å². The van der Waals surface area contributed by atoms with Crippen LogP contribution in [0.5, 0.6) is 11.5 Å². The van der Waals surface area contributed by atoms with E-state index in [0.717, 1.165) is 39.5 Å². The van der Waals surface area contributed by atoms with E-state index in [0.29, 0.717) is 0 Å². The Kier molecular flexibility index (Phi) is 6.41. The van der Waals surface area contributed by atoms with E-state index >= 15 is 0 Å². The van der Waals surface area contributed by atoms with Gasteiger partial charge in [-0.2, -0.15) is 0 Å². The fourth-order valence-electron chi connectivity index (χ4n) is 9.69. The smallest absolute Gasteiger partial charge is 0.159 e. The summed E-state index contributed by atoms with van der Waals surface area (Å²) in [6, 6.07) is 72.4. The van der Waals surface area contributed by atoms with Gasteiger partial charge >= 0.3 is 0 Å². The first-order chi connectivity index (χ1) is 28.8. The van der Waals surface area contributed by atoms with Crippen molar-refractivity contribution in [2.45, 2.75) is 0 Å². The normalized spacial score (nSPS) is 12.3. The number of rotatable bonds is 4. The fourth-order valence-corrected chi connectivity index (χ4v) is 9.69. The van der Waals surface area contributed by atoms with Crippen LogP contribution in [0.1, 0.15) is 0 Å². The van der Waals surface area contributed by atoms with E-state index in [4.69, 9.17) is 4.74 Å². The highest BCUT2D eigenvalue weighted by molar-refractivity contribution is 6.14.